The number of aromatic nitrogens is 2. The van der Waals surface area contributed by atoms with E-state index in [9.17, 15) is 4.79 Å². The van der Waals surface area contributed by atoms with Crippen molar-refractivity contribution in [3.63, 3.8) is 0 Å². The fraction of sp³-hybridized carbons (Fsp3) is 0.800. The molecular weight excluding hydrogens is 374 g/mol. The van der Waals surface area contributed by atoms with Crippen molar-refractivity contribution in [3.8, 4) is 0 Å². The van der Waals surface area contributed by atoms with Crippen LogP contribution in [0.1, 0.15) is 52.3 Å². The smallest absolute Gasteiger partial charge is 0.351 e. The molecule has 1 unspecified atom stereocenters. The molecule has 2 bridgehead atoms. The Hall–Kier alpha value is -1.22. The fourth-order valence-corrected chi connectivity index (χ4v) is 5.49. The number of fused-ring (bicyclic) bond motifs is 2. The highest BCUT2D eigenvalue weighted by molar-refractivity contribution is 6.74. The number of aryl methyl sites for hydroxylation is 1. The summed E-state index contributed by atoms with van der Waals surface area (Å²) in [6.45, 7) is 15.8. The Kier molecular flexibility index (Phi) is 4.23. The van der Waals surface area contributed by atoms with Gasteiger partial charge in [0.25, 0.3) is 0 Å². The molecule has 4 rings (SSSR count). The third-order valence-corrected chi connectivity index (χ3v) is 12.0. The quantitative estimate of drug-likeness (QED) is 0.772. The predicted octanol–water partition coefficient (Wildman–Crippen LogP) is 2.99. The van der Waals surface area contributed by atoms with Crippen LogP contribution in [0.15, 0.2) is 11.0 Å². The van der Waals surface area contributed by atoms with E-state index in [1.165, 1.54) is 4.57 Å². The molecule has 2 N–H and O–H groups in total. The standard InChI is InChI=1S/C20H33N3O4Si/c1-12-10-23(17(24)22-15(12)21)16-13-14(27-28(6,7)18(2,3)4)20(26-16,11-25-13)19(5)8-9-19/h10,13-14,16H,8-9,11H2,1-7H3,(H2,21,22,24)/t13-,14?,16+,20-/m0/s1. The second kappa shape index (κ2) is 5.90. The summed E-state index contributed by atoms with van der Waals surface area (Å²) in [5.41, 5.74) is 5.65. The number of nitrogens with zero attached hydrogens (tertiary/aromatic N) is 2. The summed E-state index contributed by atoms with van der Waals surface area (Å²) in [6, 6.07) is 0. The summed E-state index contributed by atoms with van der Waals surface area (Å²) in [5.74, 6) is 0.253. The largest absolute Gasteiger partial charge is 0.408 e. The molecule has 7 nitrogen and oxygen atoms in total. The summed E-state index contributed by atoms with van der Waals surface area (Å²) in [4.78, 5) is 16.5. The highest BCUT2D eigenvalue weighted by Gasteiger charge is 2.73. The lowest BCUT2D eigenvalue weighted by Gasteiger charge is -2.43. The molecule has 4 atom stereocenters. The number of nitrogens with two attached hydrogens (primary N) is 1. The van der Waals surface area contributed by atoms with Gasteiger partial charge < -0.3 is 19.6 Å². The Morgan fingerprint density at radius 1 is 1.36 bits per heavy atom. The molecule has 0 aromatic carbocycles. The fourth-order valence-electron chi connectivity index (χ4n) is 4.17. The minimum absolute atomic E-state index is 0.0173. The van der Waals surface area contributed by atoms with Gasteiger partial charge in [-0.2, -0.15) is 4.98 Å². The maximum atomic E-state index is 12.6. The van der Waals surface area contributed by atoms with E-state index in [0.29, 0.717) is 6.61 Å². The lowest BCUT2D eigenvalue weighted by Crippen LogP contribution is -2.54. The van der Waals surface area contributed by atoms with Gasteiger partial charge in [0.1, 0.15) is 23.6 Å². The lowest BCUT2D eigenvalue weighted by atomic mass is 9.83. The minimum Gasteiger partial charge on any atom is -0.408 e. The molecule has 3 aliphatic rings. The molecule has 3 fully saturated rings. The van der Waals surface area contributed by atoms with Gasteiger partial charge in [-0.15, -0.1) is 0 Å². The van der Waals surface area contributed by atoms with Crippen molar-refractivity contribution in [2.75, 3.05) is 12.3 Å². The number of anilines is 1. The van der Waals surface area contributed by atoms with Crippen LogP contribution in [0.25, 0.3) is 0 Å². The summed E-state index contributed by atoms with van der Waals surface area (Å²) in [6.07, 6.45) is 2.85. The van der Waals surface area contributed by atoms with Crippen molar-refractivity contribution in [2.24, 2.45) is 5.41 Å². The van der Waals surface area contributed by atoms with Crippen LogP contribution < -0.4 is 11.4 Å². The Morgan fingerprint density at radius 2 is 2.00 bits per heavy atom. The molecule has 1 aromatic rings. The maximum Gasteiger partial charge on any atom is 0.351 e. The Labute approximate surface area is 167 Å². The maximum absolute atomic E-state index is 12.6. The van der Waals surface area contributed by atoms with Crippen molar-refractivity contribution in [1.29, 1.82) is 0 Å². The van der Waals surface area contributed by atoms with Crippen molar-refractivity contribution >= 4 is 14.1 Å². The van der Waals surface area contributed by atoms with E-state index in [0.717, 1.165) is 18.4 Å². The molecule has 28 heavy (non-hydrogen) atoms. The highest BCUT2D eigenvalue weighted by Crippen LogP contribution is 2.65. The van der Waals surface area contributed by atoms with Gasteiger partial charge >= 0.3 is 5.69 Å². The van der Waals surface area contributed by atoms with Crippen molar-refractivity contribution in [3.05, 3.63) is 22.2 Å². The first kappa shape index (κ1) is 20.1. The van der Waals surface area contributed by atoms with Crippen molar-refractivity contribution < 1.29 is 13.9 Å². The molecule has 0 radical (unpaired) electrons. The molecule has 156 valence electrons. The molecule has 2 aliphatic heterocycles. The number of hydrogen-bond acceptors (Lipinski definition) is 6. The predicted molar refractivity (Wildman–Crippen MR) is 110 cm³/mol. The molecule has 2 saturated heterocycles. The molecule has 3 heterocycles. The van der Waals surface area contributed by atoms with Crippen LogP contribution in [0.5, 0.6) is 0 Å². The van der Waals surface area contributed by atoms with Crippen molar-refractivity contribution in [2.45, 2.75) is 89.6 Å². The summed E-state index contributed by atoms with van der Waals surface area (Å²) in [7, 11) is -2.06. The van der Waals surface area contributed by atoms with E-state index < -0.39 is 25.8 Å². The second-order valence-corrected chi connectivity index (χ2v) is 15.3. The second-order valence-electron chi connectivity index (χ2n) is 10.5. The summed E-state index contributed by atoms with van der Waals surface area (Å²) >= 11 is 0. The first-order valence-electron chi connectivity index (χ1n) is 10.1. The first-order chi connectivity index (χ1) is 12.8. The zero-order valence-electron chi connectivity index (χ0n) is 18.0. The Balaban J connectivity index is 1.75. The average molecular weight is 408 g/mol. The third-order valence-electron chi connectivity index (χ3n) is 7.56. The topological polar surface area (TPSA) is 88.6 Å². The number of nitrogen functional groups attached to an aromatic ring is 1. The normalized spacial score (nSPS) is 34.0. The minimum atomic E-state index is -2.06. The average Bonchev–Trinajstić information content (AvgIpc) is 3.15. The molecule has 0 spiro atoms. The van der Waals surface area contributed by atoms with Gasteiger partial charge in [0.2, 0.25) is 0 Å². The van der Waals surface area contributed by atoms with Gasteiger partial charge in [-0.1, -0.05) is 27.7 Å². The number of rotatable bonds is 4. The molecular formula is C20H33N3O4Si. The molecule has 1 saturated carbocycles. The van der Waals surface area contributed by atoms with E-state index >= 15 is 0 Å². The monoisotopic (exact) mass is 407 g/mol. The van der Waals surface area contributed by atoms with Crippen LogP contribution in [-0.2, 0) is 13.9 Å². The van der Waals surface area contributed by atoms with E-state index in [1.807, 2.05) is 6.92 Å². The van der Waals surface area contributed by atoms with Crippen LogP contribution in [0, 0.1) is 12.3 Å². The van der Waals surface area contributed by atoms with Crippen molar-refractivity contribution in [1.82, 2.24) is 9.55 Å². The molecule has 1 aliphatic carbocycles. The Bertz CT molecular complexity index is 858. The van der Waals surface area contributed by atoms with Crippen LogP contribution in [0.2, 0.25) is 18.1 Å². The third kappa shape index (κ3) is 2.72. The van der Waals surface area contributed by atoms with E-state index in [1.54, 1.807) is 6.20 Å². The molecule has 0 amide bonds. The van der Waals surface area contributed by atoms with E-state index in [2.05, 4.69) is 45.8 Å². The Morgan fingerprint density at radius 3 is 2.57 bits per heavy atom. The van der Waals surface area contributed by atoms with Gasteiger partial charge in [-0.3, -0.25) is 4.57 Å². The van der Waals surface area contributed by atoms with E-state index in [4.69, 9.17) is 19.6 Å². The van der Waals surface area contributed by atoms with Gasteiger partial charge in [0.15, 0.2) is 14.5 Å². The van der Waals surface area contributed by atoms with Gasteiger partial charge in [-0.05, 0) is 37.9 Å². The molecule has 1 aromatic heterocycles. The number of ether oxygens (including phenoxy) is 2. The van der Waals surface area contributed by atoms with E-state index in [-0.39, 0.29) is 28.5 Å². The summed E-state index contributed by atoms with van der Waals surface area (Å²) in [5, 5.41) is 0.0757. The SMILES string of the molecule is Cc1cn([C@@H]2O[C@@]3(C4(C)CC4)CO[C@H]2C3O[Si](C)(C)C(C)(C)C)c(=O)nc1N. The zero-order chi connectivity index (χ0) is 20.7. The van der Waals surface area contributed by atoms with Crippen LogP contribution in [0.3, 0.4) is 0 Å². The van der Waals surface area contributed by atoms with Crippen LogP contribution in [-0.4, -0.2) is 42.3 Å². The van der Waals surface area contributed by atoms with Crippen LogP contribution >= 0.6 is 0 Å². The zero-order valence-corrected chi connectivity index (χ0v) is 19.0. The van der Waals surface area contributed by atoms with Gasteiger partial charge in [0.05, 0.1) is 6.61 Å². The number of hydrogen-bond donors (Lipinski definition) is 1. The lowest BCUT2D eigenvalue weighted by molar-refractivity contribution is -0.198. The molecule has 8 heteroatoms. The van der Waals surface area contributed by atoms with Gasteiger partial charge in [0, 0.05) is 17.2 Å². The first-order valence-corrected chi connectivity index (χ1v) is 13.0. The van der Waals surface area contributed by atoms with Crippen LogP contribution in [0.4, 0.5) is 5.82 Å². The highest BCUT2D eigenvalue weighted by atomic mass is 28.4. The summed E-state index contributed by atoms with van der Waals surface area (Å²) < 4.78 is 21.3. The van der Waals surface area contributed by atoms with Gasteiger partial charge in [-0.25, -0.2) is 4.79 Å².